The van der Waals surface area contributed by atoms with Crippen LogP contribution in [0.1, 0.15) is 32.3 Å². The highest BCUT2D eigenvalue weighted by Gasteiger charge is 2.20. The van der Waals surface area contributed by atoms with Crippen LogP contribution in [0.25, 0.3) is 0 Å². The van der Waals surface area contributed by atoms with Gasteiger partial charge in [0.05, 0.1) is 6.10 Å². The zero-order valence-corrected chi connectivity index (χ0v) is 11.4. The van der Waals surface area contributed by atoms with Crippen LogP contribution in [0.3, 0.4) is 0 Å². The van der Waals surface area contributed by atoms with Crippen LogP contribution in [0.2, 0.25) is 0 Å². The maximum atomic E-state index is 5.73. The van der Waals surface area contributed by atoms with Crippen molar-refractivity contribution in [2.75, 3.05) is 18.9 Å². The summed E-state index contributed by atoms with van der Waals surface area (Å²) in [5, 5.41) is 0. The number of rotatable bonds is 5. The number of hydrogen-bond donors (Lipinski definition) is 1. The number of anilines is 1. The van der Waals surface area contributed by atoms with Crippen LogP contribution in [0.5, 0.6) is 0 Å². The van der Waals surface area contributed by atoms with Gasteiger partial charge in [0.2, 0.25) is 0 Å². The predicted molar refractivity (Wildman–Crippen MR) is 75.4 cm³/mol. The van der Waals surface area contributed by atoms with Crippen LogP contribution in [0, 0.1) is 0 Å². The van der Waals surface area contributed by atoms with Crippen LogP contribution in [-0.4, -0.2) is 30.2 Å². The van der Waals surface area contributed by atoms with Gasteiger partial charge in [-0.1, -0.05) is 12.1 Å². The molecule has 0 spiro atoms. The molecule has 0 amide bonds. The Morgan fingerprint density at radius 1 is 1.33 bits per heavy atom. The van der Waals surface area contributed by atoms with Crippen molar-refractivity contribution < 1.29 is 4.74 Å². The van der Waals surface area contributed by atoms with Gasteiger partial charge in [0, 0.05) is 31.4 Å². The van der Waals surface area contributed by atoms with Crippen molar-refractivity contribution in [3.63, 3.8) is 0 Å². The second kappa shape index (κ2) is 6.21. The van der Waals surface area contributed by atoms with E-state index in [-0.39, 0.29) is 0 Å². The third kappa shape index (κ3) is 3.72. The van der Waals surface area contributed by atoms with Crippen molar-refractivity contribution in [3.8, 4) is 0 Å². The van der Waals surface area contributed by atoms with E-state index in [1.165, 1.54) is 18.4 Å². The average Bonchev–Trinajstić information content (AvgIpc) is 2.84. The number of nitrogens with zero attached hydrogens (tertiary/aromatic N) is 1. The first kappa shape index (κ1) is 13.4. The van der Waals surface area contributed by atoms with Crippen LogP contribution < -0.4 is 5.73 Å². The van der Waals surface area contributed by atoms with Gasteiger partial charge in [-0.25, -0.2) is 0 Å². The molecule has 2 rings (SSSR count). The van der Waals surface area contributed by atoms with Crippen LogP contribution in [0.4, 0.5) is 5.69 Å². The molecule has 1 fully saturated rings. The van der Waals surface area contributed by atoms with E-state index < -0.39 is 0 Å². The fraction of sp³-hybridized carbons (Fsp3) is 0.600. The molecule has 1 aliphatic rings. The van der Waals surface area contributed by atoms with Crippen molar-refractivity contribution in [2.24, 2.45) is 0 Å². The van der Waals surface area contributed by atoms with Gasteiger partial charge >= 0.3 is 0 Å². The van der Waals surface area contributed by atoms with E-state index in [0.717, 1.165) is 25.4 Å². The summed E-state index contributed by atoms with van der Waals surface area (Å²) in [6.45, 7) is 7.41. The number of nitrogen functional groups attached to an aromatic ring is 1. The Bertz CT molecular complexity index is 355. The molecule has 3 nitrogen and oxygen atoms in total. The highest BCUT2D eigenvalue weighted by molar-refractivity contribution is 5.39. The van der Waals surface area contributed by atoms with Crippen molar-refractivity contribution >= 4 is 5.69 Å². The van der Waals surface area contributed by atoms with Crippen molar-refractivity contribution in [1.82, 2.24) is 4.90 Å². The van der Waals surface area contributed by atoms with E-state index in [9.17, 15) is 0 Å². The third-order valence-electron chi connectivity index (χ3n) is 3.56. The largest absolute Gasteiger partial charge is 0.399 e. The minimum absolute atomic E-state index is 0.418. The molecule has 0 aliphatic carbocycles. The molecule has 1 aromatic carbocycles. The highest BCUT2D eigenvalue weighted by atomic mass is 16.5. The van der Waals surface area contributed by atoms with Gasteiger partial charge < -0.3 is 10.5 Å². The van der Waals surface area contributed by atoms with Crippen LogP contribution in [0.15, 0.2) is 24.3 Å². The maximum Gasteiger partial charge on any atom is 0.0703 e. The molecule has 1 unspecified atom stereocenters. The number of nitrogens with two attached hydrogens (primary N) is 1. The molecule has 0 aromatic heterocycles. The topological polar surface area (TPSA) is 38.5 Å². The lowest BCUT2D eigenvalue weighted by atomic mass is 10.1. The van der Waals surface area contributed by atoms with Gasteiger partial charge in [0.25, 0.3) is 0 Å². The van der Waals surface area contributed by atoms with E-state index in [2.05, 4.69) is 30.9 Å². The van der Waals surface area contributed by atoms with Gasteiger partial charge in [-0.3, -0.25) is 4.90 Å². The molecule has 0 bridgehead atoms. The first-order valence-corrected chi connectivity index (χ1v) is 6.85. The third-order valence-corrected chi connectivity index (χ3v) is 3.56. The Kier molecular flexibility index (Phi) is 4.61. The van der Waals surface area contributed by atoms with Gasteiger partial charge in [-0.05, 0) is 44.4 Å². The zero-order valence-electron chi connectivity index (χ0n) is 11.4. The average molecular weight is 248 g/mol. The number of benzene rings is 1. The molecule has 100 valence electrons. The molecule has 3 heteroatoms. The molecule has 1 heterocycles. The van der Waals surface area contributed by atoms with E-state index in [0.29, 0.717) is 12.1 Å². The minimum Gasteiger partial charge on any atom is -0.399 e. The second-order valence-corrected chi connectivity index (χ2v) is 5.40. The monoisotopic (exact) mass is 248 g/mol. The Labute approximate surface area is 110 Å². The number of ether oxygens (including phenoxy) is 1. The quantitative estimate of drug-likeness (QED) is 0.814. The molecule has 18 heavy (non-hydrogen) atoms. The molecular formula is C15H24N2O. The normalized spacial score (nSPS) is 19.9. The minimum atomic E-state index is 0.418. The summed E-state index contributed by atoms with van der Waals surface area (Å²) in [6.07, 6.45) is 2.82. The van der Waals surface area contributed by atoms with Gasteiger partial charge in [-0.2, -0.15) is 0 Å². The summed E-state index contributed by atoms with van der Waals surface area (Å²) in [7, 11) is 0. The molecule has 0 radical (unpaired) electrons. The lowest BCUT2D eigenvalue weighted by Gasteiger charge is -2.29. The van der Waals surface area contributed by atoms with Gasteiger partial charge in [0.1, 0.15) is 0 Å². The Morgan fingerprint density at radius 2 is 2.06 bits per heavy atom. The van der Waals surface area contributed by atoms with Crippen molar-refractivity contribution in [1.29, 1.82) is 0 Å². The van der Waals surface area contributed by atoms with Crippen molar-refractivity contribution in [2.45, 2.75) is 45.4 Å². The summed E-state index contributed by atoms with van der Waals surface area (Å²) >= 11 is 0. The number of hydrogen-bond acceptors (Lipinski definition) is 3. The fourth-order valence-corrected chi connectivity index (χ4v) is 2.37. The first-order chi connectivity index (χ1) is 8.65. The molecule has 1 aliphatic heterocycles. The summed E-state index contributed by atoms with van der Waals surface area (Å²) in [5.41, 5.74) is 7.86. The Hall–Kier alpha value is -1.06. The molecule has 1 aromatic rings. The SMILES string of the molecule is CC(C)N(Cc1ccc(N)cc1)CC1CCCO1. The Balaban J connectivity index is 1.94. The van der Waals surface area contributed by atoms with E-state index in [4.69, 9.17) is 10.5 Å². The molecule has 1 saturated heterocycles. The second-order valence-electron chi connectivity index (χ2n) is 5.40. The van der Waals surface area contributed by atoms with Crippen LogP contribution in [-0.2, 0) is 11.3 Å². The molecule has 2 N–H and O–H groups in total. The molecular weight excluding hydrogens is 224 g/mol. The smallest absolute Gasteiger partial charge is 0.0703 e. The van der Waals surface area contributed by atoms with Crippen molar-refractivity contribution in [3.05, 3.63) is 29.8 Å². The summed E-state index contributed by atoms with van der Waals surface area (Å²) in [5.74, 6) is 0. The van der Waals surface area contributed by atoms with Crippen LogP contribution >= 0.6 is 0 Å². The Morgan fingerprint density at radius 3 is 2.61 bits per heavy atom. The molecule has 0 saturated carbocycles. The standard InChI is InChI=1S/C15H24N2O/c1-12(2)17(11-15-4-3-9-18-15)10-13-5-7-14(16)8-6-13/h5-8,12,15H,3-4,9-11,16H2,1-2H3. The zero-order chi connectivity index (χ0) is 13.0. The van der Waals surface area contributed by atoms with E-state index >= 15 is 0 Å². The summed E-state index contributed by atoms with van der Waals surface area (Å²) < 4.78 is 5.73. The van der Waals surface area contributed by atoms with E-state index in [1.54, 1.807) is 0 Å². The first-order valence-electron chi connectivity index (χ1n) is 6.85. The predicted octanol–water partition coefficient (Wildman–Crippen LogP) is 2.66. The summed E-state index contributed by atoms with van der Waals surface area (Å²) in [4.78, 5) is 2.47. The lowest BCUT2D eigenvalue weighted by Crippen LogP contribution is -2.36. The highest BCUT2D eigenvalue weighted by Crippen LogP contribution is 2.17. The summed E-state index contributed by atoms with van der Waals surface area (Å²) in [6, 6.07) is 8.70. The van der Waals surface area contributed by atoms with E-state index in [1.807, 2.05) is 12.1 Å². The molecule has 1 atom stereocenters. The fourth-order valence-electron chi connectivity index (χ4n) is 2.37. The van der Waals surface area contributed by atoms with Gasteiger partial charge in [-0.15, -0.1) is 0 Å². The maximum absolute atomic E-state index is 5.73. The lowest BCUT2D eigenvalue weighted by molar-refractivity contribution is 0.0593. The van der Waals surface area contributed by atoms with Gasteiger partial charge in [0.15, 0.2) is 0 Å².